The number of rotatable bonds is 10. The minimum absolute atomic E-state index is 0.0338. The van der Waals surface area contributed by atoms with E-state index in [1.807, 2.05) is 12.1 Å². The van der Waals surface area contributed by atoms with Gasteiger partial charge in [-0.15, -0.1) is 11.8 Å². The summed E-state index contributed by atoms with van der Waals surface area (Å²) in [6, 6.07) is 15.2. The van der Waals surface area contributed by atoms with Crippen LogP contribution in [-0.4, -0.2) is 30.6 Å². The molecule has 1 amide bonds. The number of ether oxygens (including phenoxy) is 1. The van der Waals surface area contributed by atoms with Crippen molar-refractivity contribution in [2.45, 2.75) is 24.7 Å². The second-order valence-corrected chi connectivity index (χ2v) is 7.77. The third-order valence-electron chi connectivity index (χ3n) is 3.58. The molecule has 0 aliphatic heterocycles. The van der Waals surface area contributed by atoms with Crippen molar-refractivity contribution in [3.05, 3.63) is 58.6 Å². The molecule has 0 heterocycles. The molecule has 0 radical (unpaired) electrons. The van der Waals surface area contributed by atoms with Crippen molar-refractivity contribution in [1.29, 1.82) is 0 Å². The van der Waals surface area contributed by atoms with E-state index < -0.39 is 0 Å². The van der Waals surface area contributed by atoms with Gasteiger partial charge in [0.15, 0.2) is 5.78 Å². The van der Waals surface area contributed by atoms with Gasteiger partial charge in [0.2, 0.25) is 5.91 Å². The highest BCUT2D eigenvalue weighted by molar-refractivity contribution is 9.10. The first kappa shape index (κ1) is 20.5. The van der Waals surface area contributed by atoms with E-state index in [4.69, 9.17) is 4.74 Å². The Morgan fingerprint density at radius 3 is 2.42 bits per heavy atom. The van der Waals surface area contributed by atoms with Crippen LogP contribution in [0.1, 0.15) is 30.1 Å². The zero-order valence-corrected chi connectivity index (χ0v) is 17.1. The second-order valence-electron chi connectivity index (χ2n) is 5.68. The fourth-order valence-corrected chi connectivity index (χ4v) is 3.22. The summed E-state index contributed by atoms with van der Waals surface area (Å²) in [5.41, 5.74) is 0.665. The molecule has 0 bridgehead atoms. The van der Waals surface area contributed by atoms with E-state index in [-0.39, 0.29) is 11.7 Å². The Kier molecular flexibility index (Phi) is 8.71. The summed E-state index contributed by atoms with van der Waals surface area (Å²) in [7, 11) is 0. The molecule has 0 spiro atoms. The summed E-state index contributed by atoms with van der Waals surface area (Å²) in [5, 5.41) is 2.92. The van der Waals surface area contributed by atoms with Crippen molar-refractivity contribution in [2.75, 3.05) is 18.9 Å². The topological polar surface area (TPSA) is 55.4 Å². The number of carbonyl (C=O) groups is 2. The molecule has 2 rings (SSSR count). The molecule has 2 aromatic carbocycles. The van der Waals surface area contributed by atoms with E-state index >= 15 is 0 Å². The Balaban J connectivity index is 1.54. The van der Waals surface area contributed by atoms with Crippen LogP contribution in [-0.2, 0) is 4.79 Å². The minimum Gasteiger partial charge on any atom is -0.494 e. The summed E-state index contributed by atoms with van der Waals surface area (Å²) < 4.78 is 6.65. The molecular formula is C20H22BrNO3S. The van der Waals surface area contributed by atoms with E-state index in [1.54, 1.807) is 36.0 Å². The van der Waals surface area contributed by atoms with Crippen LogP contribution in [0.3, 0.4) is 0 Å². The third kappa shape index (κ3) is 7.62. The van der Waals surface area contributed by atoms with Gasteiger partial charge in [-0.3, -0.25) is 9.59 Å². The Bertz CT molecular complexity index is 717. The Hall–Kier alpha value is -1.79. The highest BCUT2D eigenvalue weighted by Crippen LogP contribution is 2.20. The number of carbonyl (C=O) groups excluding carboxylic acids is 2. The van der Waals surface area contributed by atoms with Crippen LogP contribution in [0.2, 0.25) is 0 Å². The van der Waals surface area contributed by atoms with Gasteiger partial charge in [0.25, 0.3) is 0 Å². The molecule has 0 aromatic heterocycles. The lowest BCUT2D eigenvalue weighted by Crippen LogP contribution is -2.25. The van der Waals surface area contributed by atoms with Gasteiger partial charge in [0.1, 0.15) is 5.75 Å². The number of benzene rings is 2. The fourth-order valence-electron chi connectivity index (χ4n) is 2.19. The Morgan fingerprint density at radius 1 is 1.08 bits per heavy atom. The van der Waals surface area contributed by atoms with E-state index in [1.165, 1.54) is 11.8 Å². The van der Waals surface area contributed by atoms with Crippen molar-refractivity contribution in [2.24, 2.45) is 0 Å². The van der Waals surface area contributed by atoms with Crippen LogP contribution in [0.15, 0.2) is 57.9 Å². The molecule has 0 unspecified atom stereocenters. The molecule has 0 saturated heterocycles. The summed E-state index contributed by atoms with van der Waals surface area (Å²) in [6.07, 6.45) is 1.09. The summed E-state index contributed by atoms with van der Waals surface area (Å²) in [4.78, 5) is 24.2. The number of halogens is 1. The smallest absolute Gasteiger partial charge is 0.220 e. The summed E-state index contributed by atoms with van der Waals surface area (Å²) in [6.45, 7) is 2.65. The normalized spacial score (nSPS) is 10.4. The largest absolute Gasteiger partial charge is 0.494 e. The zero-order valence-electron chi connectivity index (χ0n) is 14.7. The lowest BCUT2D eigenvalue weighted by atomic mass is 10.1. The molecule has 2 aromatic rings. The van der Waals surface area contributed by atoms with Crippen LogP contribution in [0.25, 0.3) is 0 Å². The van der Waals surface area contributed by atoms with E-state index in [0.717, 1.165) is 10.2 Å². The summed E-state index contributed by atoms with van der Waals surface area (Å²) in [5.74, 6) is 1.62. The number of thioether (sulfide) groups is 1. The molecule has 1 N–H and O–H groups in total. The highest BCUT2D eigenvalue weighted by atomic mass is 79.9. The molecule has 0 saturated carbocycles. The first-order valence-electron chi connectivity index (χ1n) is 8.43. The fraction of sp³-hybridized carbons (Fsp3) is 0.300. The maximum Gasteiger partial charge on any atom is 0.220 e. The maximum atomic E-state index is 11.8. The van der Waals surface area contributed by atoms with Crippen molar-refractivity contribution >= 4 is 39.4 Å². The minimum atomic E-state index is 0.0338. The first-order chi connectivity index (χ1) is 12.5. The van der Waals surface area contributed by atoms with Crippen LogP contribution < -0.4 is 10.1 Å². The van der Waals surface area contributed by atoms with Crippen molar-refractivity contribution in [3.8, 4) is 5.75 Å². The second kappa shape index (κ2) is 11.0. The van der Waals surface area contributed by atoms with Crippen LogP contribution in [0.4, 0.5) is 0 Å². The predicted molar refractivity (Wildman–Crippen MR) is 109 cm³/mol. The number of Topliss-reactive ketones (excluding diaryl/α,β-unsaturated/α-hetero) is 1. The van der Waals surface area contributed by atoms with Gasteiger partial charge in [-0.2, -0.15) is 0 Å². The van der Waals surface area contributed by atoms with Gasteiger partial charge in [0, 0.05) is 33.7 Å². The molecular weight excluding hydrogens is 414 g/mol. The number of hydrogen-bond acceptors (Lipinski definition) is 4. The zero-order chi connectivity index (χ0) is 18.8. The standard InChI is InChI=1S/C20H22BrNO3S/c1-15(23)16-4-8-18(9-5-16)25-13-2-3-20(24)22-12-14-26-19-10-6-17(21)7-11-19/h4-11H,2-3,12-14H2,1H3,(H,22,24). The number of nitrogens with one attached hydrogen (secondary N) is 1. The molecule has 0 aliphatic carbocycles. The van der Waals surface area contributed by atoms with E-state index in [2.05, 4.69) is 33.4 Å². The van der Waals surface area contributed by atoms with Crippen molar-refractivity contribution < 1.29 is 14.3 Å². The molecule has 0 atom stereocenters. The maximum absolute atomic E-state index is 11.8. The first-order valence-corrected chi connectivity index (χ1v) is 10.2. The van der Waals surface area contributed by atoms with E-state index in [0.29, 0.717) is 37.3 Å². The number of hydrogen-bond donors (Lipinski definition) is 1. The van der Waals surface area contributed by atoms with Gasteiger partial charge in [-0.25, -0.2) is 0 Å². The quantitative estimate of drug-likeness (QED) is 0.333. The van der Waals surface area contributed by atoms with Gasteiger partial charge in [-0.1, -0.05) is 15.9 Å². The average Bonchev–Trinajstić information content (AvgIpc) is 2.64. The van der Waals surface area contributed by atoms with Gasteiger partial charge in [-0.05, 0) is 61.9 Å². The molecule has 138 valence electrons. The van der Waals surface area contributed by atoms with E-state index in [9.17, 15) is 9.59 Å². The van der Waals surface area contributed by atoms with Crippen molar-refractivity contribution in [3.63, 3.8) is 0 Å². The third-order valence-corrected chi connectivity index (χ3v) is 5.13. The monoisotopic (exact) mass is 435 g/mol. The molecule has 4 nitrogen and oxygen atoms in total. The number of ketones is 1. The highest BCUT2D eigenvalue weighted by Gasteiger charge is 2.03. The lowest BCUT2D eigenvalue weighted by molar-refractivity contribution is -0.121. The number of amides is 1. The van der Waals surface area contributed by atoms with Crippen LogP contribution in [0, 0.1) is 0 Å². The van der Waals surface area contributed by atoms with Gasteiger partial charge in [0.05, 0.1) is 6.61 Å². The predicted octanol–water partition coefficient (Wildman–Crippen LogP) is 4.72. The molecule has 0 fully saturated rings. The van der Waals surface area contributed by atoms with Gasteiger partial charge < -0.3 is 10.1 Å². The van der Waals surface area contributed by atoms with Crippen LogP contribution in [0.5, 0.6) is 5.75 Å². The molecule has 26 heavy (non-hydrogen) atoms. The average molecular weight is 436 g/mol. The SMILES string of the molecule is CC(=O)c1ccc(OCCCC(=O)NCCSc2ccc(Br)cc2)cc1. The molecule has 0 aliphatic rings. The van der Waals surface area contributed by atoms with Gasteiger partial charge >= 0.3 is 0 Å². The summed E-state index contributed by atoms with van der Waals surface area (Å²) >= 11 is 5.13. The molecule has 6 heteroatoms. The Labute approximate surface area is 166 Å². The van der Waals surface area contributed by atoms with Crippen molar-refractivity contribution in [1.82, 2.24) is 5.32 Å². The Morgan fingerprint density at radius 2 is 1.77 bits per heavy atom. The van der Waals surface area contributed by atoms with Crippen LogP contribution >= 0.6 is 27.7 Å². The lowest BCUT2D eigenvalue weighted by Gasteiger charge is -2.07.